The Morgan fingerprint density at radius 2 is 0.697 bits per heavy atom. The summed E-state index contributed by atoms with van der Waals surface area (Å²) in [6, 6.07) is 13.4. The molecule has 24 heterocycles. The van der Waals surface area contributed by atoms with Gasteiger partial charge in [0.1, 0.15) is 54.1 Å². The maximum absolute atomic E-state index is 4.22. The van der Waals surface area contributed by atoms with Gasteiger partial charge in [0, 0.05) is 231 Å². The average Bonchev–Trinajstić information content (AvgIpc) is 1.85. The van der Waals surface area contributed by atoms with Crippen LogP contribution in [0.4, 0.5) is 0 Å². The van der Waals surface area contributed by atoms with Gasteiger partial charge in [-0.15, -0.1) is 10.2 Å². The summed E-state index contributed by atoms with van der Waals surface area (Å²) in [4.78, 5) is 71.8. The molecule has 24 rings (SSSR count). The number of hydrogen-bond acceptors (Lipinski definition) is 25. The van der Waals surface area contributed by atoms with Crippen molar-refractivity contribution < 1.29 is 0 Å². The van der Waals surface area contributed by atoms with E-state index in [0.29, 0.717) is 17.3 Å². The number of fused-ring (bicyclic) bond motifs is 12. The van der Waals surface area contributed by atoms with Crippen molar-refractivity contribution in [3.8, 4) is 0 Å². The molecular weight excluding hydrogens is 1660 g/mol. The summed E-state index contributed by atoms with van der Waals surface area (Å²) in [7, 11) is 0. The van der Waals surface area contributed by atoms with Crippen molar-refractivity contribution in [1.82, 2.24) is 174 Å². The fraction of sp³-hybridized carbons (Fsp3) is 0.358. The molecule has 0 amide bonds. The van der Waals surface area contributed by atoms with Gasteiger partial charge in [0.15, 0.2) is 16.9 Å². The van der Waals surface area contributed by atoms with Crippen LogP contribution >= 0.6 is 0 Å². The average molecular weight is 1800 g/mol. The van der Waals surface area contributed by atoms with E-state index in [1.165, 1.54) is 69.6 Å². The van der Waals surface area contributed by atoms with Crippen LogP contribution in [-0.4, -0.2) is 180 Å². The van der Waals surface area contributed by atoms with Crippen LogP contribution in [0.25, 0.3) is 51.3 Å². The van der Waals surface area contributed by atoms with Crippen molar-refractivity contribution in [2.45, 2.75) is 231 Å². The molecule has 0 atom stereocenters. The zero-order valence-corrected chi connectivity index (χ0v) is 81.9. The number of imidazole rings is 12. The number of aromatic nitrogens is 36. The van der Waals surface area contributed by atoms with Gasteiger partial charge in [-0.3, -0.25) is 27.0 Å². The van der Waals surface area contributed by atoms with Crippen LogP contribution in [0.5, 0.6) is 0 Å². The Morgan fingerprint density at radius 3 is 1.28 bits per heavy atom. The highest BCUT2D eigenvalue weighted by Crippen LogP contribution is 2.13. The molecular formula is C95H141N37. The number of aryl methyl sites for hydroxylation is 5. The first kappa shape index (κ1) is 115. The molecule has 706 valence electrons. The van der Waals surface area contributed by atoms with Crippen molar-refractivity contribution in [2.75, 3.05) is 0 Å². The van der Waals surface area contributed by atoms with Gasteiger partial charge in [0.05, 0.1) is 37.2 Å². The van der Waals surface area contributed by atoms with E-state index in [9.17, 15) is 0 Å². The second-order valence-corrected chi connectivity index (χ2v) is 22.5. The van der Waals surface area contributed by atoms with E-state index in [0.717, 1.165) is 52.7 Å². The van der Waals surface area contributed by atoms with Crippen LogP contribution in [0.1, 0.15) is 216 Å². The lowest BCUT2D eigenvalue weighted by atomic mass is 10.2. The molecule has 0 saturated heterocycles. The Bertz CT molecular complexity index is 4810. The van der Waals surface area contributed by atoms with Crippen molar-refractivity contribution >= 4 is 57.6 Å². The summed E-state index contributed by atoms with van der Waals surface area (Å²) in [5.41, 5.74) is 4.53. The molecule has 21 aromatic heterocycles. The summed E-state index contributed by atoms with van der Waals surface area (Å²) in [5.74, 6) is 6.30. The van der Waals surface area contributed by atoms with Gasteiger partial charge in [0.2, 0.25) is 11.6 Å². The number of hydrogen-bond donors (Lipinski definition) is 0. The van der Waals surface area contributed by atoms with Crippen LogP contribution in [0.3, 0.4) is 0 Å². The quantitative estimate of drug-likeness (QED) is 0.136. The molecule has 132 heavy (non-hydrogen) atoms. The first-order valence-electron chi connectivity index (χ1n) is 45.8. The molecule has 0 radical (unpaired) electrons. The van der Waals surface area contributed by atoms with Gasteiger partial charge in [-0.05, 0) is 68.5 Å². The Labute approximate surface area is 777 Å². The predicted octanol–water partition coefficient (Wildman–Crippen LogP) is 20.2. The zero-order valence-electron chi connectivity index (χ0n) is 81.9. The third-order valence-electron chi connectivity index (χ3n) is 15.5. The molecule has 0 N–H and O–H groups in total. The van der Waals surface area contributed by atoms with E-state index in [-0.39, 0.29) is 0 Å². The summed E-state index contributed by atoms with van der Waals surface area (Å²) < 4.78 is 22.6. The zero-order chi connectivity index (χ0) is 97.3. The third-order valence-corrected chi connectivity index (χ3v) is 15.5. The van der Waals surface area contributed by atoms with E-state index >= 15 is 0 Å². The van der Waals surface area contributed by atoms with Crippen LogP contribution in [0.15, 0.2) is 302 Å². The normalized spacial score (nSPS) is 10.2. The Hall–Kier alpha value is -15.3. The predicted molar refractivity (Wildman–Crippen MR) is 531 cm³/mol. The lowest BCUT2D eigenvalue weighted by molar-refractivity contribution is 0.522. The second kappa shape index (κ2) is 76.9. The first-order chi connectivity index (χ1) is 65.6. The highest BCUT2D eigenvalue weighted by atomic mass is 15.4. The Kier molecular flexibility index (Phi) is 66.8. The van der Waals surface area contributed by atoms with Crippen molar-refractivity contribution in [3.05, 3.63) is 315 Å². The summed E-state index contributed by atoms with van der Waals surface area (Å²) in [6.45, 7) is 50.4. The van der Waals surface area contributed by atoms with Crippen LogP contribution in [0, 0.1) is 0 Å². The Balaban J connectivity index is 0.000000705. The molecule has 0 saturated carbocycles. The van der Waals surface area contributed by atoms with E-state index in [1.54, 1.807) is 178 Å². The maximum atomic E-state index is 4.22. The standard InChI is InChI=1S/2C7H10N2.C7H6N2.3C6H5N3.C6H7N3.C6H5N3.4C5H4N4.12C2H6/c3*1-2-5-9-6-4-8-7(9)3-1;1-3-9-4-2-8-6(9)5-7-1;1-2-7-5-9-4-3-8-6(1)9;1-2-7-6-8-3-5-9(6)4-1;2*1-2-6-7-4-5-9(6)8-3-1;1-3-9-4-2-7-8-5(9)6-1;1-2-9-4-6-3-8-5(9)7-1;1-2-9-4-8-7-3-5(9)6-1;1-2-8-9-4-3-7-5(9)6-1;12*1-2/h2*4,6H,1-3,5H2;1-6H;3*1-5H;3-5H,1-2H2;1-5H;4*1-4H;12*1-2H3. The van der Waals surface area contributed by atoms with Crippen molar-refractivity contribution in [2.24, 2.45) is 5.10 Å². The third kappa shape index (κ3) is 41.6. The first-order valence-corrected chi connectivity index (χ1v) is 45.8. The molecule has 0 spiro atoms. The molecule has 0 unspecified atom stereocenters. The molecule has 0 fully saturated rings. The smallest absolute Gasteiger partial charge is 0.253 e. The largest absolute Gasteiger partial charge is 0.335 e. The minimum atomic E-state index is 0.637. The van der Waals surface area contributed by atoms with E-state index in [2.05, 4.69) is 147 Å². The lowest BCUT2D eigenvalue weighted by Gasteiger charge is -2.11. The number of pyridine rings is 1. The highest BCUT2D eigenvalue weighted by Gasteiger charge is 2.08. The summed E-state index contributed by atoms with van der Waals surface area (Å²) >= 11 is 0. The number of nitrogens with zero attached hydrogens (tertiary/aromatic N) is 37. The fourth-order valence-corrected chi connectivity index (χ4v) is 10.3. The van der Waals surface area contributed by atoms with Crippen LogP contribution in [0.2, 0.25) is 0 Å². The Morgan fingerprint density at radius 1 is 0.242 bits per heavy atom. The molecule has 37 heteroatoms. The van der Waals surface area contributed by atoms with Crippen LogP contribution in [-0.2, 0) is 32.4 Å². The van der Waals surface area contributed by atoms with E-state index in [4.69, 9.17) is 0 Å². The SMILES string of the molecule is C1=Nn2ccnc2CC1.CC.CC.CC.CC.CC.CC.CC.CC.CC.CC.CC.CC.c1cc2nccn2cn1.c1ccn2ccnc2c1.c1cn2c(n1)CCCC2.c1cn2c(n1)CCCC2.c1cn2ccnc2cn1.c1cn2ccnc2nn1.c1cn2cncnc2n1.c1cn2cnncc2n1.c1cnc2nccn2c1.c1cnn2ccnc2c1.c1cnn2ccnc2n1. The molecule has 0 bridgehead atoms. The molecule has 21 aromatic rings. The summed E-state index contributed by atoms with van der Waals surface area (Å²) in [6.07, 6.45) is 84.3. The minimum Gasteiger partial charge on any atom is -0.335 e. The van der Waals surface area contributed by atoms with Gasteiger partial charge in [0.25, 0.3) is 11.6 Å². The van der Waals surface area contributed by atoms with Gasteiger partial charge < -0.3 is 17.9 Å². The van der Waals surface area contributed by atoms with Crippen molar-refractivity contribution in [3.63, 3.8) is 0 Å². The van der Waals surface area contributed by atoms with E-state index in [1.807, 2.05) is 318 Å². The lowest BCUT2D eigenvalue weighted by Crippen LogP contribution is -2.08. The highest BCUT2D eigenvalue weighted by molar-refractivity contribution is 5.58. The monoisotopic (exact) mass is 1800 g/mol. The van der Waals surface area contributed by atoms with Gasteiger partial charge >= 0.3 is 0 Å². The molecule has 3 aliphatic rings. The maximum Gasteiger partial charge on any atom is 0.253 e. The van der Waals surface area contributed by atoms with Gasteiger partial charge in [-0.2, -0.15) is 25.5 Å². The van der Waals surface area contributed by atoms with E-state index < -0.39 is 0 Å². The van der Waals surface area contributed by atoms with Gasteiger partial charge in [-0.1, -0.05) is 172 Å². The fourth-order valence-electron chi connectivity index (χ4n) is 10.3. The van der Waals surface area contributed by atoms with Crippen molar-refractivity contribution in [1.29, 1.82) is 0 Å². The summed E-state index contributed by atoms with van der Waals surface area (Å²) in [5, 5.41) is 26.7. The molecule has 0 aliphatic carbocycles. The van der Waals surface area contributed by atoms with Crippen LogP contribution < -0.4 is 0 Å². The molecule has 37 nitrogen and oxygen atoms in total. The number of rotatable bonds is 0. The molecule has 0 aromatic carbocycles. The molecule has 3 aliphatic heterocycles. The van der Waals surface area contributed by atoms with Gasteiger partial charge in [-0.25, -0.2) is 98.4 Å². The second-order valence-electron chi connectivity index (χ2n) is 22.5. The topological polar surface area (TPSA) is 376 Å². The minimum absolute atomic E-state index is 0.637.